The molecule has 0 radical (unpaired) electrons. The third-order valence-electron chi connectivity index (χ3n) is 4.46. The number of amides is 1. The molecular formula is C19H21NO2. The number of hydrogen-bond acceptors (Lipinski definition) is 2. The minimum Gasteiger partial charge on any atom is -0.379 e. The molecular weight excluding hydrogens is 274 g/mol. The summed E-state index contributed by atoms with van der Waals surface area (Å²) in [5.74, 6) is 0.0824. The van der Waals surface area contributed by atoms with Crippen molar-refractivity contribution in [2.75, 3.05) is 13.2 Å². The smallest absolute Gasteiger partial charge is 0.231 e. The van der Waals surface area contributed by atoms with Crippen LogP contribution in [0, 0.1) is 5.41 Å². The molecule has 0 aliphatic carbocycles. The van der Waals surface area contributed by atoms with E-state index < -0.39 is 0 Å². The fourth-order valence-electron chi connectivity index (χ4n) is 2.78. The average Bonchev–Trinajstić information content (AvgIpc) is 2.54. The van der Waals surface area contributed by atoms with E-state index in [2.05, 4.69) is 5.32 Å². The van der Waals surface area contributed by atoms with Crippen molar-refractivity contribution in [1.29, 1.82) is 0 Å². The first kappa shape index (κ1) is 14.8. The van der Waals surface area contributed by atoms with Crippen LogP contribution in [-0.2, 0) is 9.53 Å². The Morgan fingerprint density at radius 2 is 1.55 bits per heavy atom. The highest BCUT2D eigenvalue weighted by Crippen LogP contribution is 2.33. The van der Waals surface area contributed by atoms with Gasteiger partial charge in [-0.2, -0.15) is 0 Å². The van der Waals surface area contributed by atoms with Gasteiger partial charge in [0.15, 0.2) is 0 Å². The van der Waals surface area contributed by atoms with Crippen molar-refractivity contribution in [3.05, 3.63) is 71.8 Å². The standard InChI is InChI=1S/C19H21NO2/c1-2-19(13-22-14-19)18(21)20-17(15-9-5-3-6-10-15)16-11-7-4-8-12-16/h3-12,17H,2,13-14H2,1H3,(H,20,21). The highest BCUT2D eigenvalue weighted by Gasteiger charge is 2.44. The first-order valence-electron chi connectivity index (χ1n) is 7.74. The van der Waals surface area contributed by atoms with Gasteiger partial charge in [-0.05, 0) is 17.5 Å². The van der Waals surface area contributed by atoms with E-state index in [1.165, 1.54) is 0 Å². The van der Waals surface area contributed by atoms with E-state index in [0.717, 1.165) is 17.5 Å². The van der Waals surface area contributed by atoms with Crippen molar-refractivity contribution >= 4 is 5.91 Å². The summed E-state index contributed by atoms with van der Waals surface area (Å²) < 4.78 is 5.28. The van der Waals surface area contributed by atoms with E-state index >= 15 is 0 Å². The lowest BCUT2D eigenvalue weighted by Crippen LogP contribution is -2.54. The van der Waals surface area contributed by atoms with Crippen LogP contribution in [0.1, 0.15) is 30.5 Å². The molecule has 1 saturated heterocycles. The van der Waals surface area contributed by atoms with Crippen molar-refractivity contribution in [3.63, 3.8) is 0 Å². The summed E-state index contributed by atoms with van der Waals surface area (Å²) in [5.41, 5.74) is 1.82. The Balaban J connectivity index is 1.88. The van der Waals surface area contributed by atoms with Crippen LogP contribution in [0.25, 0.3) is 0 Å². The van der Waals surface area contributed by atoms with Crippen LogP contribution in [0.4, 0.5) is 0 Å². The number of ether oxygens (including phenoxy) is 1. The lowest BCUT2D eigenvalue weighted by atomic mass is 9.81. The van der Waals surface area contributed by atoms with Crippen LogP contribution in [-0.4, -0.2) is 19.1 Å². The molecule has 3 rings (SSSR count). The molecule has 1 amide bonds. The van der Waals surface area contributed by atoms with Crippen molar-refractivity contribution in [2.45, 2.75) is 19.4 Å². The summed E-state index contributed by atoms with van der Waals surface area (Å²) in [5, 5.41) is 3.22. The Morgan fingerprint density at radius 3 is 1.91 bits per heavy atom. The summed E-state index contributed by atoms with van der Waals surface area (Å²) in [6.07, 6.45) is 0.801. The summed E-state index contributed by atoms with van der Waals surface area (Å²) in [7, 11) is 0. The fourth-order valence-corrected chi connectivity index (χ4v) is 2.78. The van der Waals surface area contributed by atoms with Gasteiger partial charge in [0.1, 0.15) is 0 Å². The second-order valence-corrected chi connectivity index (χ2v) is 5.85. The zero-order chi connectivity index (χ0) is 15.4. The second-order valence-electron chi connectivity index (χ2n) is 5.85. The summed E-state index contributed by atoms with van der Waals surface area (Å²) in [6.45, 7) is 3.08. The Hall–Kier alpha value is -2.13. The van der Waals surface area contributed by atoms with Gasteiger partial charge in [0.2, 0.25) is 5.91 Å². The monoisotopic (exact) mass is 295 g/mol. The maximum absolute atomic E-state index is 12.7. The molecule has 1 aliphatic rings. The van der Waals surface area contributed by atoms with E-state index in [0.29, 0.717) is 13.2 Å². The van der Waals surface area contributed by atoms with E-state index in [4.69, 9.17) is 4.74 Å². The Labute approximate surface area is 131 Å². The Morgan fingerprint density at radius 1 is 1.05 bits per heavy atom. The summed E-state index contributed by atoms with van der Waals surface area (Å²) in [4.78, 5) is 12.7. The molecule has 0 saturated carbocycles. The molecule has 1 heterocycles. The molecule has 1 aliphatic heterocycles. The normalized spacial score (nSPS) is 16.1. The highest BCUT2D eigenvalue weighted by atomic mass is 16.5. The largest absolute Gasteiger partial charge is 0.379 e. The number of carbonyl (C=O) groups excluding carboxylic acids is 1. The quantitative estimate of drug-likeness (QED) is 0.919. The van der Waals surface area contributed by atoms with Gasteiger partial charge in [-0.25, -0.2) is 0 Å². The van der Waals surface area contributed by atoms with Crippen LogP contribution in [0.2, 0.25) is 0 Å². The Bertz CT molecular complexity index is 575. The van der Waals surface area contributed by atoms with Gasteiger partial charge in [0.25, 0.3) is 0 Å². The van der Waals surface area contributed by atoms with E-state index in [9.17, 15) is 4.79 Å². The maximum Gasteiger partial charge on any atom is 0.231 e. The first-order chi connectivity index (χ1) is 10.7. The highest BCUT2D eigenvalue weighted by molar-refractivity contribution is 5.84. The van der Waals surface area contributed by atoms with Crippen LogP contribution in [0.5, 0.6) is 0 Å². The zero-order valence-electron chi connectivity index (χ0n) is 12.8. The number of benzene rings is 2. The van der Waals surface area contributed by atoms with Gasteiger partial charge in [0.05, 0.1) is 24.7 Å². The molecule has 1 fully saturated rings. The van der Waals surface area contributed by atoms with E-state index in [1.54, 1.807) is 0 Å². The van der Waals surface area contributed by atoms with Crippen molar-refractivity contribution < 1.29 is 9.53 Å². The Kier molecular flexibility index (Phi) is 4.25. The van der Waals surface area contributed by atoms with Crippen LogP contribution < -0.4 is 5.32 Å². The van der Waals surface area contributed by atoms with Crippen molar-refractivity contribution in [3.8, 4) is 0 Å². The van der Waals surface area contributed by atoms with Gasteiger partial charge in [-0.1, -0.05) is 67.6 Å². The van der Waals surface area contributed by atoms with E-state index in [1.807, 2.05) is 67.6 Å². The molecule has 1 N–H and O–H groups in total. The third-order valence-corrected chi connectivity index (χ3v) is 4.46. The van der Waals surface area contributed by atoms with Gasteiger partial charge in [-0.15, -0.1) is 0 Å². The molecule has 3 heteroatoms. The van der Waals surface area contributed by atoms with E-state index in [-0.39, 0.29) is 17.4 Å². The molecule has 0 atom stereocenters. The predicted molar refractivity (Wildman–Crippen MR) is 86.4 cm³/mol. The molecule has 0 bridgehead atoms. The van der Waals surface area contributed by atoms with Crippen molar-refractivity contribution in [1.82, 2.24) is 5.32 Å². The van der Waals surface area contributed by atoms with Crippen LogP contribution >= 0.6 is 0 Å². The first-order valence-corrected chi connectivity index (χ1v) is 7.74. The summed E-state index contributed by atoms with van der Waals surface area (Å²) >= 11 is 0. The fraction of sp³-hybridized carbons (Fsp3) is 0.316. The molecule has 22 heavy (non-hydrogen) atoms. The average molecular weight is 295 g/mol. The molecule has 0 spiro atoms. The van der Waals surface area contributed by atoms with Gasteiger partial charge < -0.3 is 10.1 Å². The lowest BCUT2D eigenvalue weighted by molar-refractivity contribution is -0.162. The number of hydrogen-bond donors (Lipinski definition) is 1. The van der Waals surface area contributed by atoms with Gasteiger partial charge in [0, 0.05) is 0 Å². The molecule has 0 aromatic heterocycles. The molecule has 2 aromatic carbocycles. The summed E-state index contributed by atoms with van der Waals surface area (Å²) in [6, 6.07) is 20.0. The zero-order valence-corrected chi connectivity index (χ0v) is 12.8. The number of nitrogens with one attached hydrogen (secondary N) is 1. The van der Waals surface area contributed by atoms with Gasteiger partial charge in [-0.3, -0.25) is 4.79 Å². The van der Waals surface area contributed by atoms with Crippen LogP contribution in [0.3, 0.4) is 0 Å². The third kappa shape index (κ3) is 2.77. The van der Waals surface area contributed by atoms with Crippen molar-refractivity contribution in [2.24, 2.45) is 5.41 Å². The molecule has 2 aromatic rings. The maximum atomic E-state index is 12.7. The molecule has 3 nitrogen and oxygen atoms in total. The number of rotatable bonds is 5. The lowest BCUT2D eigenvalue weighted by Gasteiger charge is -2.40. The molecule has 114 valence electrons. The van der Waals surface area contributed by atoms with Crippen LogP contribution in [0.15, 0.2) is 60.7 Å². The minimum atomic E-state index is -0.359. The second kappa shape index (κ2) is 6.32. The predicted octanol–water partition coefficient (Wildman–Crippen LogP) is 3.32. The minimum absolute atomic E-state index is 0.0824. The molecule has 0 unspecified atom stereocenters. The topological polar surface area (TPSA) is 38.3 Å². The SMILES string of the molecule is CCC1(C(=O)NC(c2ccccc2)c2ccccc2)COC1. The van der Waals surface area contributed by atoms with Gasteiger partial charge >= 0.3 is 0 Å². The number of carbonyl (C=O) groups is 1.